The van der Waals surface area contributed by atoms with Crippen LogP contribution in [0.5, 0.6) is 5.75 Å². The van der Waals surface area contributed by atoms with Crippen LogP contribution >= 0.6 is 11.8 Å². The molecular weight excluding hydrogens is 306 g/mol. The van der Waals surface area contributed by atoms with Crippen molar-refractivity contribution >= 4 is 17.7 Å². The molecule has 128 valence electrons. The third kappa shape index (κ3) is 6.09. The second kappa shape index (κ2) is 9.21. The van der Waals surface area contributed by atoms with Crippen molar-refractivity contribution in [2.24, 2.45) is 0 Å². The zero-order valence-electron chi connectivity index (χ0n) is 14.6. The Hall–Kier alpha value is -1.16. The Morgan fingerprint density at radius 3 is 2.78 bits per heavy atom. The average molecular weight is 336 g/mol. The van der Waals surface area contributed by atoms with E-state index >= 15 is 0 Å². The zero-order chi connectivity index (χ0) is 16.7. The molecule has 2 rings (SSSR count). The van der Waals surface area contributed by atoms with Crippen molar-refractivity contribution in [2.45, 2.75) is 64.2 Å². The van der Waals surface area contributed by atoms with Crippen molar-refractivity contribution in [1.29, 1.82) is 0 Å². The van der Waals surface area contributed by atoms with Crippen molar-refractivity contribution in [2.75, 3.05) is 12.3 Å². The summed E-state index contributed by atoms with van der Waals surface area (Å²) in [6, 6.07) is 6.06. The number of carbonyl (C=O) groups excluding carboxylic acids is 1. The Morgan fingerprint density at radius 2 is 2.04 bits per heavy atom. The fourth-order valence-corrected chi connectivity index (χ4v) is 4.07. The first-order chi connectivity index (χ1) is 11.1. The molecule has 23 heavy (non-hydrogen) atoms. The number of rotatable bonds is 7. The zero-order valence-corrected chi connectivity index (χ0v) is 15.4. The van der Waals surface area contributed by atoms with E-state index in [1.54, 1.807) is 0 Å². The van der Waals surface area contributed by atoms with Gasteiger partial charge in [-0.3, -0.25) is 4.79 Å². The van der Waals surface area contributed by atoms with E-state index < -0.39 is 6.10 Å². The second-order valence-corrected chi connectivity index (χ2v) is 7.86. The molecule has 1 amide bonds. The van der Waals surface area contributed by atoms with Gasteiger partial charge in [-0.1, -0.05) is 31.4 Å². The molecule has 1 fully saturated rings. The van der Waals surface area contributed by atoms with Crippen LogP contribution in [0, 0.1) is 13.8 Å². The van der Waals surface area contributed by atoms with E-state index in [4.69, 9.17) is 4.74 Å². The van der Waals surface area contributed by atoms with E-state index in [0.29, 0.717) is 0 Å². The number of ether oxygens (including phenoxy) is 1. The number of amides is 1. The minimum atomic E-state index is -0.463. The van der Waals surface area contributed by atoms with Gasteiger partial charge in [0.1, 0.15) is 5.75 Å². The van der Waals surface area contributed by atoms with Crippen molar-refractivity contribution in [3.05, 3.63) is 29.3 Å². The standard InChI is InChI=1S/C19H29NO2S/c1-14-9-10-15(2)18(13-14)22-16(3)19(21)20-11-12-23-17-7-5-4-6-8-17/h9-10,13,16-17H,4-8,11-12H2,1-3H3,(H,20,21)/t16-/m1/s1. The van der Waals surface area contributed by atoms with Crippen LogP contribution in [-0.4, -0.2) is 29.6 Å². The number of carbonyl (C=O) groups is 1. The molecule has 0 spiro atoms. The Morgan fingerprint density at radius 1 is 1.30 bits per heavy atom. The quantitative estimate of drug-likeness (QED) is 0.757. The van der Waals surface area contributed by atoms with Gasteiger partial charge in [-0.05, 0) is 50.8 Å². The summed E-state index contributed by atoms with van der Waals surface area (Å²) in [5, 5.41) is 3.79. The summed E-state index contributed by atoms with van der Waals surface area (Å²) in [5.41, 5.74) is 2.20. The van der Waals surface area contributed by atoms with Gasteiger partial charge in [-0.2, -0.15) is 11.8 Å². The first-order valence-corrected chi connectivity index (χ1v) is 9.74. The van der Waals surface area contributed by atoms with Gasteiger partial charge < -0.3 is 10.1 Å². The third-order valence-corrected chi connectivity index (χ3v) is 5.71. The minimum absolute atomic E-state index is 0.0323. The molecule has 1 N–H and O–H groups in total. The first kappa shape index (κ1) is 18.2. The Kier molecular flexibility index (Phi) is 7.28. The molecule has 0 saturated heterocycles. The molecule has 1 aromatic rings. The lowest BCUT2D eigenvalue weighted by molar-refractivity contribution is -0.127. The topological polar surface area (TPSA) is 38.3 Å². The SMILES string of the molecule is Cc1ccc(C)c(O[C@H](C)C(=O)NCCSC2CCCCC2)c1. The molecule has 0 bridgehead atoms. The van der Waals surface area contributed by atoms with Gasteiger partial charge in [-0.15, -0.1) is 0 Å². The van der Waals surface area contributed by atoms with Gasteiger partial charge in [0.2, 0.25) is 0 Å². The van der Waals surface area contributed by atoms with E-state index in [-0.39, 0.29) is 5.91 Å². The van der Waals surface area contributed by atoms with E-state index in [0.717, 1.165) is 34.4 Å². The van der Waals surface area contributed by atoms with Gasteiger partial charge in [-0.25, -0.2) is 0 Å². The van der Waals surface area contributed by atoms with Crippen LogP contribution < -0.4 is 10.1 Å². The van der Waals surface area contributed by atoms with Crippen LogP contribution in [0.4, 0.5) is 0 Å². The molecular formula is C19H29NO2S. The summed E-state index contributed by atoms with van der Waals surface area (Å²) in [5.74, 6) is 1.76. The highest BCUT2D eigenvalue weighted by Gasteiger charge is 2.16. The number of nitrogens with one attached hydrogen (secondary N) is 1. The monoisotopic (exact) mass is 335 g/mol. The van der Waals surface area contributed by atoms with E-state index in [1.165, 1.54) is 32.1 Å². The molecule has 1 atom stereocenters. The Balaban J connectivity index is 1.69. The average Bonchev–Trinajstić information content (AvgIpc) is 2.55. The maximum atomic E-state index is 12.1. The molecule has 0 unspecified atom stereocenters. The molecule has 1 aromatic carbocycles. The largest absolute Gasteiger partial charge is 0.481 e. The molecule has 3 nitrogen and oxygen atoms in total. The smallest absolute Gasteiger partial charge is 0.260 e. The fraction of sp³-hybridized carbons (Fsp3) is 0.632. The molecule has 0 heterocycles. The summed E-state index contributed by atoms with van der Waals surface area (Å²) in [6.07, 6.45) is 6.33. The fourth-order valence-electron chi connectivity index (χ4n) is 2.85. The molecule has 1 aliphatic rings. The van der Waals surface area contributed by atoms with Gasteiger partial charge in [0, 0.05) is 17.5 Å². The summed E-state index contributed by atoms with van der Waals surface area (Å²) in [7, 11) is 0. The number of hydrogen-bond acceptors (Lipinski definition) is 3. The molecule has 0 aliphatic heterocycles. The number of thioether (sulfide) groups is 1. The minimum Gasteiger partial charge on any atom is -0.481 e. The van der Waals surface area contributed by atoms with Crippen molar-refractivity contribution < 1.29 is 9.53 Å². The maximum absolute atomic E-state index is 12.1. The maximum Gasteiger partial charge on any atom is 0.260 e. The lowest BCUT2D eigenvalue weighted by Crippen LogP contribution is -2.37. The lowest BCUT2D eigenvalue weighted by atomic mass is 10.0. The van der Waals surface area contributed by atoms with Crippen molar-refractivity contribution in [3.63, 3.8) is 0 Å². The Bertz CT molecular complexity index is 512. The Labute approximate surface area is 144 Å². The predicted octanol–water partition coefficient (Wildman–Crippen LogP) is 4.25. The molecule has 1 aliphatic carbocycles. The van der Waals surface area contributed by atoms with Crippen molar-refractivity contribution in [3.8, 4) is 5.75 Å². The number of aryl methyl sites for hydroxylation is 2. The highest BCUT2D eigenvalue weighted by molar-refractivity contribution is 7.99. The van der Waals surface area contributed by atoms with Crippen LogP contribution in [0.1, 0.15) is 50.2 Å². The van der Waals surface area contributed by atoms with Crippen LogP contribution in [0.25, 0.3) is 0 Å². The summed E-state index contributed by atoms with van der Waals surface area (Å²) >= 11 is 2.00. The van der Waals surface area contributed by atoms with Gasteiger partial charge >= 0.3 is 0 Å². The van der Waals surface area contributed by atoms with Gasteiger partial charge in [0.25, 0.3) is 5.91 Å². The number of hydrogen-bond donors (Lipinski definition) is 1. The van der Waals surface area contributed by atoms with E-state index in [2.05, 4.69) is 11.4 Å². The van der Waals surface area contributed by atoms with E-state index in [9.17, 15) is 4.79 Å². The number of benzene rings is 1. The third-order valence-electron chi connectivity index (χ3n) is 4.32. The summed E-state index contributed by atoms with van der Waals surface area (Å²) < 4.78 is 5.82. The summed E-state index contributed by atoms with van der Waals surface area (Å²) in [6.45, 7) is 6.56. The van der Waals surface area contributed by atoms with Crippen molar-refractivity contribution in [1.82, 2.24) is 5.32 Å². The highest BCUT2D eigenvalue weighted by atomic mass is 32.2. The molecule has 0 radical (unpaired) electrons. The predicted molar refractivity (Wildman–Crippen MR) is 98.3 cm³/mol. The van der Waals surface area contributed by atoms with Gasteiger partial charge in [0.05, 0.1) is 0 Å². The lowest BCUT2D eigenvalue weighted by Gasteiger charge is -2.21. The normalized spacial score (nSPS) is 16.8. The molecule has 4 heteroatoms. The second-order valence-electron chi connectivity index (χ2n) is 6.45. The highest BCUT2D eigenvalue weighted by Crippen LogP contribution is 2.27. The molecule has 0 aromatic heterocycles. The first-order valence-electron chi connectivity index (χ1n) is 8.69. The molecule has 1 saturated carbocycles. The van der Waals surface area contributed by atoms with Gasteiger partial charge in [0.15, 0.2) is 6.10 Å². The van der Waals surface area contributed by atoms with Crippen LogP contribution in [0.15, 0.2) is 18.2 Å². The summed E-state index contributed by atoms with van der Waals surface area (Å²) in [4.78, 5) is 12.1. The van der Waals surface area contributed by atoms with Crippen LogP contribution in [-0.2, 0) is 4.79 Å². The van der Waals surface area contributed by atoms with E-state index in [1.807, 2.05) is 44.7 Å². The van der Waals surface area contributed by atoms with Crippen LogP contribution in [0.3, 0.4) is 0 Å². The van der Waals surface area contributed by atoms with Crippen LogP contribution in [0.2, 0.25) is 0 Å².